The zero-order valence-corrected chi connectivity index (χ0v) is 13.5. The lowest BCUT2D eigenvalue weighted by atomic mass is 10.0. The Hall–Kier alpha value is -2.30. The lowest BCUT2D eigenvalue weighted by Gasteiger charge is -2.11. The fourth-order valence-electron chi connectivity index (χ4n) is 2.48. The second kappa shape index (κ2) is 6.64. The van der Waals surface area contributed by atoms with E-state index in [4.69, 9.17) is 4.74 Å². The third-order valence-corrected chi connectivity index (χ3v) is 3.53. The lowest BCUT2D eigenvalue weighted by Crippen LogP contribution is -2.09. The number of aromatic carboxylic acids is 1. The van der Waals surface area contributed by atoms with Crippen molar-refractivity contribution in [2.45, 2.75) is 40.7 Å². The summed E-state index contributed by atoms with van der Waals surface area (Å²) in [7, 11) is 0. The molecule has 118 valence electrons. The molecule has 0 aliphatic carbocycles. The van der Waals surface area contributed by atoms with Gasteiger partial charge in [-0.3, -0.25) is 4.68 Å². The topological polar surface area (TPSA) is 64.4 Å². The minimum atomic E-state index is -0.951. The maximum Gasteiger partial charge on any atom is 0.354 e. The highest BCUT2D eigenvalue weighted by atomic mass is 16.5. The Morgan fingerprint density at radius 1 is 1.23 bits per heavy atom. The number of rotatable bonds is 6. The van der Waals surface area contributed by atoms with E-state index in [9.17, 15) is 9.90 Å². The van der Waals surface area contributed by atoms with Gasteiger partial charge in [0.2, 0.25) is 0 Å². The number of carbonyl (C=O) groups is 1. The van der Waals surface area contributed by atoms with Gasteiger partial charge in [0, 0.05) is 12.1 Å². The molecule has 22 heavy (non-hydrogen) atoms. The molecule has 1 heterocycles. The summed E-state index contributed by atoms with van der Waals surface area (Å²) in [4.78, 5) is 11.4. The predicted molar refractivity (Wildman–Crippen MR) is 85.6 cm³/mol. The molecule has 5 nitrogen and oxygen atoms in total. The molecule has 0 spiro atoms. The molecular weight excluding hydrogens is 280 g/mol. The second-order valence-corrected chi connectivity index (χ2v) is 5.31. The van der Waals surface area contributed by atoms with Gasteiger partial charge in [-0.25, -0.2) is 4.79 Å². The normalized spacial score (nSPS) is 10.7. The number of hydrogen-bond acceptors (Lipinski definition) is 3. The van der Waals surface area contributed by atoms with E-state index in [2.05, 4.69) is 5.10 Å². The zero-order chi connectivity index (χ0) is 16.3. The molecule has 0 saturated carbocycles. The first-order chi connectivity index (χ1) is 10.5. The highest BCUT2D eigenvalue weighted by molar-refractivity contribution is 5.87. The van der Waals surface area contributed by atoms with Gasteiger partial charge < -0.3 is 9.84 Å². The number of carboxylic acids is 1. The van der Waals surface area contributed by atoms with Crippen molar-refractivity contribution in [1.82, 2.24) is 9.78 Å². The largest absolute Gasteiger partial charge is 0.494 e. The molecule has 0 atom stereocenters. The number of nitrogens with zero attached hydrogens (tertiary/aromatic N) is 2. The van der Waals surface area contributed by atoms with Crippen molar-refractivity contribution >= 4 is 5.97 Å². The smallest absolute Gasteiger partial charge is 0.354 e. The van der Waals surface area contributed by atoms with Gasteiger partial charge in [-0.15, -0.1) is 0 Å². The third-order valence-electron chi connectivity index (χ3n) is 3.53. The molecule has 0 radical (unpaired) electrons. The average molecular weight is 302 g/mol. The quantitative estimate of drug-likeness (QED) is 0.884. The monoisotopic (exact) mass is 302 g/mol. The van der Waals surface area contributed by atoms with Gasteiger partial charge in [-0.2, -0.15) is 5.10 Å². The van der Waals surface area contributed by atoms with Crippen molar-refractivity contribution in [3.63, 3.8) is 0 Å². The fourth-order valence-corrected chi connectivity index (χ4v) is 2.48. The molecule has 1 N–H and O–H groups in total. The van der Waals surface area contributed by atoms with Crippen LogP contribution in [0.3, 0.4) is 0 Å². The van der Waals surface area contributed by atoms with Gasteiger partial charge >= 0.3 is 5.97 Å². The number of hydrogen-bond donors (Lipinski definition) is 1. The van der Waals surface area contributed by atoms with E-state index in [0.717, 1.165) is 28.9 Å². The Bertz CT molecular complexity index is 689. The van der Waals surface area contributed by atoms with E-state index < -0.39 is 5.97 Å². The van der Waals surface area contributed by atoms with Crippen LogP contribution in [0.2, 0.25) is 0 Å². The van der Waals surface area contributed by atoms with Crippen molar-refractivity contribution in [2.24, 2.45) is 0 Å². The number of aryl methyl sites for hydroxylation is 3. The first-order valence-corrected chi connectivity index (χ1v) is 7.53. The average Bonchev–Trinajstić information content (AvgIpc) is 2.87. The molecular formula is C17H22N2O3. The summed E-state index contributed by atoms with van der Waals surface area (Å²) in [5.41, 5.74) is 3.90. The maximum atomic E-state index is 11.4. The lowest BCUT2D eigenvalue weighted by molar-refractivity contribution is 0.0683. The first-order valence-electron chi connectivity index (χ1n) is 7.53. The Morgan fingerprint density at radius 3 is 2.55 bits per heavy atom. The fraction of sp³-hybridized carbons (Fsp3) is 0.412. The van der Waals surface area contributed by atoms with Crippen LogP contribution in [-0.2, 0) is 6.54 Å². The Balaban J connectivity index is 2.50. The second-order valence-electron chi connectivity index (χ2n) is 5.31. The molecule has 2 rings (SSSR count). The summed E-state index contributed by atoms with van der Waals surface area (Å²) in [6.07, 6.45) is 0.836. The minimum Gasteiger partial charge on any atom is -0.494 e. The van der Waals surface area contributed by atoms with E-state index in [1.54, 1.807) is 10.7 Å². The molecule has 0 bridgehead atoms. The number of benzene rings is 1. The molecule has 0 unspecified atom stereocenters. The summed E-state index contributed by atoms with van der Waals surface area (Å²) >= 11 is 0. The van der Waals surface area contributed by atoms with Crippen LogP contribution in [0.25, 0.3) is 11.3 Å². The standard InChI is InChI=1S/C17H22N2O3/c1-5-7-19-15(17(20)21)10-14(18-19)13-8-12(4)16(22-6-2)9-11(13)3/h8-10H,5-7H2,1-4H3,(H,20,21). The zero-order valence-electron chi connectivity index (χ0n) is 13.5. The van der Waals surface area contributed by atoms with Crippen LogP contribution < -0.4 is 4.74 Å². The summed E-state index contributed by atoms with van der Waals surface area (Å²) < 4.78 is 7.15. The highest BCUT2D eigenvalue weighted by Crippen LogP contribution is 2.30. The van der Waals surface area contributed by atoms with Gasteiger partial charge in [0.05, 0.1) is 12.3 Å². The summed E-state index contributed by atoms with van der Waals surface area (Å²) in [6, 6.07) is 5.62. The third kappa shape index (κ3) is 3.13. The molecule has 2 aromatic rings. The number of aromatic nitrogens is 2. The summed E-state index contributed by atoms with van der Waals surface area (Å²) in [5, 5.41) is 13.8. The van der Waals surface area contributed by atoms with Crippen LogP contribution in [0.15, 0.2) is 18.2 Å². The minimum absolute atomic E-state index is 0.225. The molecule has 0 aliphatic heterocycles. The first kappa shape index (κ1) is 16.1. The Labute approximate surface area is 130 Å². The van der Waals surface area contributed by atoms with E-state index in [0.29, 0.717) is 18.8 Å². The van der Waals surface area contributed by atoms with Gasteiger partial charge in [0.1, 0.15) is 11.4 Å². The van der Waals surface area contributed by atoms with Crippen LogP contribution in [0.4, 0.5) is 0 Å². The van der Waals surface area contributed by atoms with Crippen LogP contribution in [0.1, 0.15) is 41.9 Å². The Morgan fingerprint density at radius 2 is 1.95 bits per heavy atom. The molecule has 5 heteroatoms. The maximum absolute atomic E-state index is 11.4. The van der Waals surface area contributed by atoms with Gasteiger partial charge in [0.15, 0.2) is 0 Å². The SMILES string of the molecule is CCCn1nc(-c2cc(C)c(OCC)cc2C)cc1C(=O)O. The van der Waals surface area contributed by atoms with Crippen LogP contribution in [0, 0.1) is 13.8 Å². The molecule has 0 fully saturated rings. The van der Waals surface area contributed by atoms with Gasteiger partial charge in [-0.1, -0.05) is 6.92 Å². The van der Waals surface area contributed by atoms with Crippen LogP contribution >= 0.6 is 0 Å². The molecule has 0 saturated heterocycles. The summed E-state index contributed by atoms with van der Waals surface area (Å²) in [5.74, 6) is -0.0947. The van der Waals surface area contributed by atoms with E-state index >= 15 is 0 Å². The molecule has 0 aliphatic rings. The van der Waals surface area contributed by atoms with Crippen molar-refractivity contribution in [2.75, 3.05) is 6.61 Å². The molecule has 1 aromatic heterocycles. The predicted octanol–water partition coefficient (Wildman–Crippen LogP) is 3.67. The van der Waals surface area contributed by atoms with E-state index in [1.807, 2.05) is 39.8 Å². The number of ether oxygens (including phenoxy) is 1. The van der Waals surface area contributed by atoms with Crippen molar-refractivity contribution < 1.29 is 14.6 Å². The molecule has 1 aromatic carbocycles. The van der Waals surface area contributed by atoms with Crippen LogP contribution in [0.5, 0.6) is 5.75 Å². The highest BCUT2D eigenvalue weighted by Gasteiger charge is 2.17. The van der Waals surface area contributed by atoms with Crippen molar-refractivity contribution in [3.05, 3.63) is 35.0 Å². The van der Waals surface area contributed by atoms with Gasteiger partial charge in [-0.05, 0) is 56.5 Å². The molecule has 0 amide bonds. The van der Waals surface area contributed by atoms with E-state index in [-0.39, 0.29) is 5.69 Å². The Kier molecular flexibility index (Phi) is 4.85. The van der Waals surface area contributed by atoms with Crippen molar-refractivity contribution in [1.29, 1.82) is 0 Å². The van der Waals surface area contributed by atoms with E-state index in [1.165, 1.54) is 0 Å². The van der Waals surface area contributed by atoms with Gasteiger partial charge in [0.25, 0.3) is 0 Å². The summed E-state index contributed by atoms with van der Waals surface area (Å²) in [6.45, 7) is 9.13. The van der Waals surface area contributed by atoms with Crippen molar-refractivity contribution in [3.8, 4) is 17.0 Å². The number of carboxylic acid groups (broad SMARTS) is 1. The van der Waals surface area contributed by atoms with Crippen LogP contribution in [-0.4, -0.2) is 27.5 Å².